The molecule has 226 valence electrons. The smallest absolute Gasteiger partial charge is 0.246 e. The van der Waals surface area contributed by atoms with Crippen molar-refractivity contribution in [2.24, 2.45) is 0 Å². The van der Waals surface area contributed by atoms with Gasteiger partial charge in [-0.1, -0.05) is 32.6 Å². The number of hydrogen-bond acceptors (Lipinski definition) is 7. The van der Waals surface area contributed by atoms with Gasteiger partial charge in [0.25, 0.3) is 0 Å². The Kier molecular flexibility index (Phi) is 11.1. The average Bonchev–Trinajstić information content (AvgIpc) is 2.89. The first-order valence-corrected chi connectivity index (χ1v) is 16.2. The molecule has 1 spiro atoms. The van der Waals surface area contributed by atoms with Crippen molar-refractivity contribution in [2.45, 2.75) is 88.3 Å². The summed E-state index contributed by atoms with van der Waals surface area (Å²) in [5.41, 5.74) is -1.23. The molecule has 2 aliphatic heterocycles. The lowest BCUT2D eigenvalue weighted by molar-refractivity contribution is -0.163. The number of halogens is 1. The fourth-order valence-corrected chi connectivity index (χ4v) is 6.78. The van der Waals surface area contributed by atoms with E-state index in [1.54, 1.807) is 24.3 Å². The third-order valence-corrected chi connectivity index (χ3v) is 9.04. The number of benzene rings is 1. The maximum absolute atomic E-state index is 13.7. The van der Waals surface area contributed by atoms with Crippen LogP contribution >= 0.6 is 12.4 Å². The quantitative estimate of drug-likeness (QED) is 0.356. The lowest BCUT2D eigenvalue weighted by Crippen LogP contribution is -2.73. The van der Waals surface area contributed by atoms with Crippen LogP contribution in [-0.2, 0) is 19.6 Å². The van der Waals surface area contributed by atoms with Gasteiger partial charge in [0.05, 0.1) is 11.9 Å². The Labute approximate surface area is 244 Å². The zero-order valence-corrected chi connectivity index (χ0v) is 25.3. The maximum atomic E-state index is 13.7. The number of sulfonamides is 1. The zero-order valence-electron chi connectivity index (χ0n) is 23.7. The van der Waals surface area contributed by atoms with Crippen LogP contribution < -0.4 is 14.8 Å². The molecule has 10 nitrogen and oxygen atoms in total. The highest BCUT2D eigenvalue weighted by atomic mass is 35.5. The van der Waals surface area contributed by atoms with Crippen molar-refractivity contribution in [3.63, 3.8) is 0 Å². The number of amides is 2. The van der Waals surface area contributed by atoms with E-state index < -0.39 is 27.2 Å². The Morgan fingerprint density at radius 2 is 1.70 bits per heavy atom. The number of likely N-dealkylation sites (tertiary alicyclic amines) is 1. The predicted octanol–water partition coefficient (Wildman–Crippen LogP) is 2.91. The standard InChI is InChI=1S/C28H44N4O6S.ClH/c1-3-4-16-32-25(33)24(21-27(35)12-6-5-7-13-27)29-26(34)28(32)14-17-31(18-15-28)19-20-38-23-10-8-22(9-11-23)30-39(2,36)37;/h8-11,24,30,35H,3-7,12-21H2,1-2H3,(H,29,34);1H/t24-;/m1./s1. The van der Waals surface area contributed by atoms with Gasteiger partial charge in [-0.25, -0.2) is 8.42 Å². The molecule has 1 aromatic carbocycles. The molecule has 2 saturated heterocycles. The van der Waals surface area contributed by atoms with Crippen molar-refractivity contribution >= 4 is 39.9 Å². The van der Waals surface area contributed by atoms with Gasteiger partial charge < -0.3 is 20.1 Å². The molecule has 3 N–H and O–H groups in total. The molecular weight excluding hydrogens is 556 g/mol. The maximum Gasteiger partial charge on any atom is 0.246 e. The van der Waals surface area contributed by atoms with E-state index in [1.807, 2.05) is 4.90 Å². The number of piperidine rings is 1. The molecule has 3 aliphatic rings. The summed E-state index contributed by atoms with van der Waals surface area (Å²) in [5, 5.41) is 14.1. The summed E-state index contributed by atoms with van der Waals surface area (Å²) in [4.78, 5) is 31.4. The van der Waals surface area contributed by atoms with Crippen LogP contribution in [0.4, 0.5) is 5.69 Å². The van der Waals surface area contributed by atoms with Gasteiger partial charge in [-0.2, -0.15) is 0 Å². The molecule has 1 atom stereocenters. The van der Waals surface area contributed by atoms with Gasteiger partial charge in [0, 0.05) is 38.3 Å². The minimum absolute atomic E-state index is 0. The summed E-state index contributed by atoms with van der Waals surface area (Å²) < 4.78 is 31.0. The van der Waals surface area contributed by atoms with E-state index in [2.05, 4.69) is 21.9 Å². The summed E-state index contributed by atoms with van der Waals surface area (Å²) in [6, 6.07) is 6.11. The highest BCUT2D eigenvalue weighted by molar-refractivity contribution is 7.92. The summed E-state index contributed by atoms with van der Waals surface area (Å²) in [7, 11) is -3.32. The molecular formula is C28H45ClN4O6S. The van der Waals surface area contributed by atoms with Crippen LogP contribution in [0.5, 0.6) is 5.75 Å². The molecule has 0 bridgehead atoms. The Morgan fingerprint density at radius 3 is 2.30 bits per heavy atom. The van der Waals surface area contributed by atoms with Gasteiger partial charge in [-0.05, 0) is 56.4 Å². The summed E-state index contributed by atoms with van der Waals surface area (Å²) >= 11 is 0. The fraction of sp³-hybridized carbons (Fsp3) is 0.714. The van der Waals surface area contributed by atoms with Crippen LogP contribution in [0.2, 0.25) is 0 Å². The van der Waals surface area contributed by atoms with Gasteiger partial charge in [0.15, 0.2) is 0 Å². The molecule has 0 aromatic heterocycles. The number of anilines is 1. The Hall–Kier alpha value is -2.08. The van der Waals surface area contributed by atoms with Crippen LogP contribution in [0, 0.1) is 0 Å². The Morgan fingerprint density at radius 1 is 1.05 bits per heavy atom. The van der Waals surface area contributed by atoms with Gasteiger partial charge in [0.1, 0.15) is 23.9 Å². The molecule has 4 rings (SSSR count). The first-order chi connectivity index (χ1) is 18.5. The van der Waals surface area contributed by atoms with E-state index in [1.165, 1.54) is 0 Å². The number of aliphatic hydroxyl groups is 1. The van der Waals surface area contributed by atoms with Crippen LogP contribution in [0.15, 0.2) is 24.3 Å². The normalized spacial score (nSPS) is 22.9. The molecule has 2 amide bonds. The van der Waals surface area contributed by atoms with Crippen molar-refractivity contribution in [1.29, 1.82) is 0 Å². The highest BCUT2D eigenvalue weighted by Crippen LogP contribution is 2.37. The molecule has 2 heterocycles. The van der Waals surface area contributed by atoms with Crippen molar-refractivity contribution in [1.82, 2.24) is 15.1 Å². The summed E-state index contributed by atoms with van der Waals surface area (Å²) in [6.45, 7) is 5.14. The first-order valence-electron chi connectivity index (χ1n) is 14.3. The molecule has 12 heteroatoms. The summed E-state index contributed by atoms with van der Waals surface area (Å²) in [6.07, 6.45) is 8.71. The van der Waals surface area contributed by atoms with Crippen LogP contribution in [0.25, 0.3) is 0 Å². The Balaban J connectivity index is 0.00000441. The summed E-state index contributed by atoms with van der Waals surface area (Å²) in [5.74, 6) is 0.519. The second-order valence-corrected chi connectivity index (χ2v) is 13.2. The number of hydrogen-bond donors (Lipinski definition) is 3. The van der Waals surface area contributed by atoms with Crippen molar-refractivity contribution in [3.05, 3.63) is 24.3 Å². The molecule has 3 fully saturated rings. The van der Waals surface area contributed by atoms with Crippen molar-refractivity contribution in [2.75, 3.05) is 43.8 Å². The minimum atomic E-state index is -3.32. The largest absolute Gasteiger partial charge is 0.492 e. The Bertz CT molecular complexity index is 1100. The van der Waals surface area contributed by atoms with E-state index in [4.69, 9.17) is 4.74 Å². The van der Waals surface area contributed by atoms with Crippen molar-refractivity contribution in [3.8, 4) is 5.75 Å². The van der Waals surface area contributed by atoms with E-state index in [0.717, 1.165) is 38.4 Å². The van der Waals surface area contributed by atoms with Crippen LogP contribution in [-0.4, -0.2) is 91.4 Å². The SMILES string of the molecule is CCCCN1C(=O)[C@@H](CC2(O)CCCCC2)NC(=O)C12CCN(CCOc1ccc(NS(C)(=O)=O)cc1)CC2.Cl. The van der Waals surface area contributed by atoms with Crippen LogP contribution in [0.3, 0.4) is 0 Å². The van der Waals surface area contributed by atoms with Crippen LogP contribution in [0.1, 0.15) is 71.1 Å². The number of piperazine rings is 1. The molecule has 0 radical (unpaired) electrons. The number of carbonyl (C=O) groups excluding carboxylic acids is 2. The number of nitrogens with one attached hydrogen (secondary N) is 2. The van der Waals surface area contributed by atoms with Gasteiger partial charge in [-0.15, -0.1) is 12.4 Å². The van der Waals surface area contributed by atoms with E-state index >= 15 is 0 Å². The van der Waals surface area contributed by atoms with E-state index in [0.29, 0.717) is 76.3 Å². The third-order valence-electron chi connectivity index (χ3n) is 8.43. The second kappa shape index (κ2) is 13.7. The monoisotopic (exact) mass is 600 g/mol. The highest BCUT2D eigenvalue weighted by Gasteiger charge is 2.54. The number of rotatable bonds is 11. The number of unbranched alkanes of at least 4 members (excludes halogenated alkanes) is 1. The second-order valence-electron chi connectivity index (χ2n) is 11.5. The predicted molar refractivity (Wildman–Crippen MR) is 157 cm³/mol. The topological polar surface area (TPSA) is 128 Å². The lowest BCUT2D eigenvalue weighted by atomic mass is 9.77. The van der Waals surface area contributed by atoms with Gasteiger partial charge in [0.2, 0.25) is 21.8 Å². The number of carbonyl (C=O) groups is 2. The molecule has 1 aliphatic carbocycles. The van der Waals surface area contributed by atoms with Gasteiger partial charge >= 0.3 is 0 Å². The number of nitrogens with zero attached hydrogens (tertiary/aromatic N) is 2. The molecule has 0 unspecified atom stereocenters. The fourth-order valence-electron chi connectivity index (χ4n) is 6.22. The van der Waals surface area contributed by atoms with E-state index in [9.17, 15) is 23.1 Å². The molecule has 40 heavy (non-hydrogen) atoms. The van der Waals surface area contributed by atoms with E-state index in [-0.39, 0.29) is 24.2 Å². The third kappa shape index (κ3) is 8.02. The minimum Gasteiger partial charge on any atom is -0.492 e. The zero-order chi connectivity index (χ0) is 28.1. The number of ether oxygens (including phenoxy) is 1. The molecule has 1 saturated carbocycles. The first kappa shape index (κ1) is 32.4. The molecule has 1 aromatic rings. The van der Waals surface area contributed by atoms with Gasteiger partial charge in [-0.3, -0.25) is 19.2 Å². The lowest BCUT2D eigenvalue weighted by Gasteiger charge is -2.52. The average molecular weight is 601 g/mol. The van der Waals surface area contributed by atoms with Crippen molar-refractivity contribution < 1.29 is 27.9 Å².